The van der Waals surface area contributed by atoms with Crippen LogP contribution < -0.4 is 15.0 Å². The van der Waals surface area contributed by atoms with Crippen LogP contribution in [0.1, 0.15) is 18.4 Å². The molecule has 1 aliphatic rings. The smallest absolute Gasteiger partial charge is 0.193 e. The van der Waals surface area contributed by atoms with Crippen molar-refractivity contribution in [2.75, 3.05) is 51.8 Å². The predicted octanol–water partition coefficient (Wildman–Crippen LogP) is 3.81. The van der Waals surface area contributed by atoms with Crippen LogP contribution >= 0.6 is 24.0 Å². The molecule has 0 spiro atoms. The van der Waals surface area contributed by atoms with Gasteiger partial charge in [-0.05, 0) is 23.8 Å². The van der Waals surface area contributed by atoms with Crippen molar-refractivity contribution in [3.8, 4) is 5.75 Å². The molecule has 1 fully saturated rings. The van der Waals surface area contributed by atoms with Crippen LogP contribution in [0.4, 0.5) is 5.69 Å². The second-order valence-electron chi connectivity index (χ2n) is 6.88. The van der Waals surface area contributed by atoms with Crippen LogP contribution in [-0.2, 0) is 0 Å². The van der Waals surface area contributed by atoms with Gasteiger partial charge in [0, 0.05) is 51.4 Å². The summed E-state index contributed by atoms with van der Waals surface area (Å²) in [5, 5.41) is 3.55. The fraction of sp³-hybridized carbons (Fsp3) is 0.409. The minimum absolute atomic E-state index is 0. The number of nitrogens with zero attached hydrogens (tertiary/aromatic N) is 3. The number of piperazine rings is 1. The van der Waals surface area contributed by atoms with Gasteiger partial charge in [0.15, 0.2) is 5.96 Å². The Labute approximate surface area is 185 Å². The lowest BCUT2D eigenvalue weighted by Crippen LogP contribution is -2.53. The Kier molecular flexibility index (Phi) is 8.89. The quantitative estimate of drug-likeness (QED) is 0.390. The van der Waals surface area contributed by atoms with Gasteiger partial charge in [-0.3, -0.25) is 4.99 Å². The van der Waals surface area contributed by atoms with Crippen LogP contribution in [0, 0.1) is 0 Å². The number of hydrogen-bond acceptors (Lipinski definition) is 3. The van der Waals surface area contributed by atoms with Crippen molar-refractivity contribution in [3.05, 3.63) is 60.2 Å². The highest BCUT2D eigenvalue weighted by atomic mass is 127. The summed E-state index contributed by atoms with van der Waals surface area (Å²) in [5.74, 6) is 2.26. The highest BCUT2D eigenvalue weighted by Gasteiger charge is 2.20. The van der Waals surface area contributed by atoms with Gasteiger partial charge in [0.1, 0.15) is 5.75 Å². The number of nitrogens with one attached hydrogen (secondary N) is 1. The number of methoxy groups -OCH3 is 1. The van der Waals surface area contributed by atoms with E-state index in [1.165, 1.54) is 11.3 Å². The van der Waals surface area contributed by atoms with E-state index in [-0.39, 0.29) is 24.0 Å². The highest BCUT2D eigenvalue weighted by Crippen LogP contribution is 2.25. The molecule has 0 saturated carbocycles. The summed E-state index contributed by atoms with van der Waals surface area (Å²) in [4.78, 5) is 9.27. The van der Waals surface area contributed by atoms with Crippen molar-refractivity contribution < 1.29 is 4.74 Å². The molecule has 1 unspecified atom stereocenters. The number of hydrogen-bond donors (Lipinski definition) is 1. The number of anilines is 1. The number of aliphatic imine (C=N–C) groups is 1. The first-order chi connectivity index (χ1) is 13.2. The van der Waals surface area contributed by atoms with Crippen LogP contribution in [0.25, 0.3) is 0 Å². The molecule has 0 aromatic heterocycles. The largest absolute Gasteiger partial charge is 0.496 e. The predicted molar refractivity (Wildman–Crippen MR) is 128 cm³/mol. The molecule has 1 saturated heterocycles. The van der Waals surface area contributed by atoms with Gasteiger partial charge in [-0.2, -0.15) is 0 Å². The van der Waals surface area contributed by atoms with Crippen molar-refractivity contribution in [2.45, 2.75) is 12.8 Å². The molecule has 3 rings (SSSR count). The van der Waals surface area contributed by atoms with Gasteiger partial charge in [-0.25, -0.2) is 0 Å². The molecule has 0 radical (unpaired) electrons. The third-order valence-electron chi connectivity index (χ3n) is 5.15. The Balaban J connectivity index is 0.00000280. The molecule has 2 aromatic carbocycles. The number of halogens is 1. The maximum atomic E-state index is 5.50. The van der Waals surface area contributed by atoms with Gasteiger partial charge >= 0.3 is 0 Å². The van der Waals surface area contributed by atoms with E-state index in [1.807, 2.05) is 19.2 Å². The van der Waals surface area contributed by atoms with E-state index in [4.69, 9.17) is 4.74 Å². The van der Waals surface area contributed by atoms with Gasteiger partial charge in [0.05, 0.1) is 7.11 Å². The third kappa shape index (κ3) is 5.53. The molecule has 0 amide bonds. The number of guanidine groups is 1. The molecule has 1 atom stereocenters. The van der Waals surface area contributed by atoms with Gasteiger partial charge in [0.25, 0.3) is 0 Å². The second kappa shape index (κ2) is 11.1. The van der Waals surface area contributed by atoms with Crippen molar-refractivity contribution in [3.63, 3.8) is 0 Å². The topological polar surface area (TPSA) is 40.1 Å². The normalized spacial score (nSPS) is 15.6. The maximum Gasteiger partial charge on any atom is 0.193 e. The van der Waals surface area contributed by atoms with Crippen LogP contribution in [0.2, 0.25) is 0 Å². The third-order valence-corrected chi connectivity index (χ3v) is 5.15. The Bertz CT molecular complexity index is 745. The fourth-order valence-electron chi connectivity index (χ4n) is 3.58. The maximum absolute atomic E-state index is 5.50. The molecular weight excluding hydrogens is 463 g/mol. The molecule has 0 aliphatic carbocycles. The summed E-state index contributed by atoms with van der Waals surface area (Å²) < 4.78 is 5.50. The summed E-state index contributed by atoms with van der Waals surface area (Å²) in [6.07, 6.45) is 0. The van der Waals surface area contributed by atoms with Crippen LogP contribution in [0.3, 0.4) is 0 Å². The summed E-state index contributed by atoms with van der Waals surface area (Å²) in [7, 11) is 3.59. The number of para-hydroxylation sites is 2. The minimum atomic E-state index is 0. The highest BCUT2D eigenvalue weighted by molar-refractivity contribution is 14.0. The monoisotopic (exact) mass is 494 g/mol. The van der Waals surface area contributed by atoms with Crippen LogP contribution in [0.15, 0.2) is 59.6 Å². The zero-order valence-electron chi connectivity index (χ0n) is 17.0. The molecular formula is C22H31IN4O. The van der Waals surface area contributed by atoms with Crippen molar-refractivity contribution >= 4 is 35.6 Å². The lowest BCUT2D eigenvalue weighted by atomic mass is 10.0. The molecule has 1 aliphatic heterocycles. The van der Waals surface area contributed by atoms with Crippen molar-refractivity contribution in [1.82, 2.24) is 10.2 Å². The molecule has 28 heavy (non-hydrogen) atoms. The van der Waals surface area contributed by atoms with Gasteiger partial charge in [-0.15, -0.1) is 24.0 Å². The zero-order chi connectivity index (χ0) is 19.1. The molecule has 5 nitrogen and oxygen atoms in total. The Hall–Kier alpha value is -1.96. The zero-order valence-corrected chi connectivity index (χ0v) is 19.3. The molecule has 152 valence electrons. The molecule has 1 N–H and O–H groups in total. The summed E-state index contributed by atoms with van der Waals surface area (Å²) in [6, 6.07) is 18.8. The Morgan fingerprint density at radius 1 is 1.04 bits per heavy atom. The Morgan fingerprint density at radius 3 is 2.32 bits per heavy atom. The second-order valence-corrected chi connectivity index (χ2v) is 6.88. The molecule has 1 heterocycles. The summed E-state index contributed by atoms with van der Waals surface area (Å²) in [6.45, 7) is 6.99. The standard InChI is InChI=1S/C22H30N4O.HI/c1-18(20-11-7-8-12-21(20)27-3)17-24-22(23-2)26-15-13-25(14-16-26)19-9-5-4-6-10-19;/h4-12,18H,13-17H2,1-3H3,(H,23,24);1H. The number of ether oxygens (including phenoxy) is 1. The number of benzene rings is 2. The summed E-state index contributed by atoms with van der Waals surface area (Å²) >= 11 is 0. The van der Waals surface area contributed by atoms with E-state index in [1.54, 1.807) is 7.11 Å². The lowest BCUT2D eigenvalue weighted by Gasteiger charge is -2.38. The molecule has 0 bridgehead atoms. The van der Waals surface area contributed by atoms with Crippen LogP contribution in [-0.4, -0.2) is 57.7 Å². The first kappa shape index (κ1) is 22.3. The van der Waals surface area contributed by atoms with Gasteiger partial charge in [-0.1, -0.05) is 43.3 Å². The van der Waals surface area contributed by atoms with Gasteiger partial charge < -0.3 is 19.9 Å². The fourth-order valence-corrected chi connectivity index (χ4v) is 3.58. The van der Waals surface area contributed by atoms with E-state index in [0.717, 1.165) is 44.4 Å². The SMILES string of the molecule is CN=C(NCC(C)c1ccccc1OC)N1CCN(c2ccccc2)CC1.I. The van der Waals surface area contributed by atoms with E-state index in [9.17, 15) is 0 Å². The van der Waals surface area contributed by atoms with E-state index in [2.05, 4.69) is 69.5 Å². The average Bonchev–Trinajstić information content (AvgIpc) is 2.75. The average molecular weight is 494 g/mol. The van der Waals surface area contributed by atoms with Crippen molar-refractivity contribution in [2.24, 2.45) is 4.99 Å². The molecule has 6 heteroatoms. The van der Waals surface area contributed by atoms with E-state index < -0.39 is 0 Å². The first-order valence-electron chi connectivity index (χ1n) is 9.61. The Morgan fingerprint density at radius 2 is 1.68 bits per heavy atom. The molecule has 2 aromatic rings. The summed E-state index contributed by atoms with van der Waals surface area (Å²) in [5.41, 5.74) is 2.52. The van der Waals surface area contributed by atoms with Crippen LogP contribution in [0.5, 0.6) is 5.75 Å². The van der Waals surface area contributed by atoms with Crippen molar-refractivity contribution in [1.29, 1.82) is 0 Å². The number of rotatable bonds is 5. The minimum Gasteiger partial charge on any atom is -0.496 e. The van der Waals surface area contributed by atoms with Gasteiger partial charge in [0.2, 0.25) is 0 Å². The van der Waals surface area contributed by atoms with E-state index >= 15 is 0 Å². The lowest BCUT2D eigenvalue weighted by molar-refractivity contribution is 0.371. The van der Waals surface area contributed by atoms with E-state index in [0.29, 0.717) is 5.92 Å². The first-order valence-corrected chi connectivity index (χ1v) is 9.61.